The number of aromatic nitrogens is 1. The normalized spacial score (nSPS) is 23.9. The predicted octanol–water partition coefficient (Wildman–Crippen LogP) is 2.77. The number of fused-ring (bicyclic) bond motifs is 1. The van der Waals surface area contributed by atoms with Crippen molar-refractivity contribution >= 4 is 21.6 Å². The van der Waals surface area contributed by atoms with Gasteiger partial charge in [-0.15, -0.1) is 11.3 Å². The Bertz CT molecular complexity index is 545. The molecule has 1 aromatic heterocycles. The molecular weight excluding hydrogens is 232 g/mol. The molecule has 4 heteroatoms. The van der Waals surface area contributed by atoms with Gasteiger partial charge >= 0.3 is 0 Å². The zero-order valence-electron chi connectivity index (χ0n) is 9.35. The van der Waals surface area contributed by atoms with Crippen LogP contribution in [0.3, 0.4) is 0 Å². The number of nitriles is 1. The van der Waals surface area contributed by atoms with E-state index < -0.39 is 0 Å². The topological polar surface area (TPSA) is 45.9 Å². The van der Waals surface area contributed by atoms with Crippen LogP contribution in [0.5, 0.6) is 0 Å². The van der Waals surface area contributed by atoms with Crippen LogP contribution >= 0.6 is 11.3 Å². The lowest BCUT2D eigenvalue weighted by molar-refractivity contribution is 0.171. The van der Waals surface area contributed by atoms with E-state index in [0.717, 1.165) is 16.9 Å². The average Bonchev–Trinajstić information content (AvgIpc) is 2.95. The van der Waals surface area contributed by atoms with Gasteiger partial charge in [-0.3, -0.25) is 0 Å². The molecule has 0 spiro atoms. The maximum absolute atomic E-state index is 9.30. The van der Waals surface area contributed by atoms with Gasteiger partial charge in [0.1, 0.15) is 0 Å². The molecule has 1 atom stereocenters. The maximum atomic E-state index is 9.30. The molecule has 0 bridgehead atoms. The molecule has 1 aliphatic rings. The van der Waals surface area contributed by atoms with Crippen molar-refractivity contribution in [3.05, 3.63) is 29.3 Å². The summed E-state index contributed by atoms with van der Waals surface area (Å²) in [5, 5.41) is 10.3. The predicted molar refractivity (Wildman–Crippen MR) is 66.8 cm³/mol. The summed E-state index contributed by atoms with van der Waals surface area (Å²) in [5.74, 6) is 0. The zero-order valence-corrected chi connectivity index (χ0v) is 10.2. The van der Waals surface area contributed by atoms with Crippen molar-refractivity contribution in [1.29, 1.82) is 5.26 Å². The van der Waals surface area contributed by atoms with E-state index in [0.29, 0.717) is 19.6 Å². The minimum absolute atomic E-state index is 0.353. The summed E-state index contributed by atoms with van der Waals surface area (Å²) in [6, 6.07) is 10.5. The molecule has 2 aromatic rings. The van der Waals surface area contributed by atoms with Crippen LogP contribution in [0, 0.1) is 16.7 Å². The summed E-state index contributed by atoms with van der Waals surface area (Å²) in [5.41, 5.74) is 0.674. The number of para-hydroxylation sites is 1. The minimum atomic E-state index is -0.353. The highest BCUT2D eigenvalue weighted by Gasteiger charge is 2.36. The van der Waals surface area contributed by atoms with E-state index in [9.17, 15) is 5.26 Å². The van der Waals surface area contributed by atoms with E-state index in [2.05, 4.69) is 17.1 Å². The number of hydrogen-bond donors (Lipinski definition) is 0. The van der Waals surface area contributed by atoms with Crippen molar-refractivity contribution in [1.82, 2.24) is 4.98 Å². The summed E-state index contributed by atoms with van der Waals surface area (Å²) in [7, 11) is 0. The first-order chi connectivity index (χ1) is 8.31. The van der Waals surface area contributed by atoms with Crippen molar-refractivity contribution in [2.45, 2.75) is 12.8 Å². The number of rotatable bonds is 2. The molecule has 3 rings (SSSR count). The van der Waals surface area contributed by atoms with E-state index in [1.54, 1.807) is 11.3 Å². The lowest BCUT2D eigenvalue weighted by Crippen LogP contribution is -2.21. The molecular formula is C13H12N2OS. The molecule has 0 saturated carbocycles. The van der Waals surface area contributed by atoms with E-state index in [4.69, 9.17) is 4.74 Å². The highest BCUT2D eigenvalue weighted by Crippen LogP contribution is 2.34. The van der Waals surface area contributed by atoms with Crippen LogP contribution in [0.15, 0.2) is 24.3 Å². The summed E-state index contributed by atoms with van der Waals surface area (Å²) in [6.07, 6.45) is 1.53. The van der Waals surface area contributed by atoms with Gasteiger partial charge in [0, 0.05) is 13.0 Å². The second-order valence-electron chi connectivity index (χ2n) is 4.45. The summed E-state index contributed by atoms with van der Waals surface area (Å²) in [4.78, 5) is 4.58. The third kappa shape index (κ3) is 1.92. The fraction of sp³-hybridized carbons (Fsp3) is 0.385. The van der Waals surface area contributed by atoms with Gasteiger partial charge in [0.15, 0.2) is 0 Å². The number of benzene rings is 1. The Kier molecular flexibility index (Phi) is 2.58. The number of hydrogen-bond acceptors (Lipinski definition) is 4. The Morgan fingerprint density at radius 3 is 3.06 bits per heavy atom. The quantitative estimate of drug-likeness (QED) is 0.816. The van der Waals surface area contributed by atoms with Gasteiger partial charge in [-0.05, 0) is 18.6 Å². The molecule has 0 radical (unpaired) electrons. The Morgan fingerprint density at radius 2 is 2.35 bits per heavy atom. The lowest BCUT2D eigenvalue weighted by Gasteiger charge is -2.15. The molecule has 2 heterocycles. The van der Waals surface area contributed by atoms with Gasteiger partial charge in [0.25, 0.3) is 0 Å². The molecule has 1 aromatic carbocycles. The van der Waals surface area contributed by atoms with Crippen molar-refractivity contribution in [3.8, 4) is 6.07 Å². The summed E-state index contributed by atoms with van der Waals surface area (Å²) in [6.45, 7) is 1.23. The fourth-order valence-electron chi connectivity index (χ4n) is 2.16. The molecule has 0 aliphatic carbocycles. The fourth-order valence-corrected chi connectivity index (χ4v) is 3.27. The number of ether oxygens (including phenoxy) is 1. The third-order valence-corrected chi connectivity index (χ3v) is 4.20. The van der Waals surface area contributed by atoms with Crippen molar-refractivity contribution in [2.75, 3.05) is 13.2 Å². The van der Waals surface area contributed by atoms with Crippen molar-refractivity contribution in [3.63, 3.8) is 0 Å². The van der Waals surface area contributed by atoms with Gasteiger partial charge in [-0.25, -0.2) is 4.98 Å². The Balaban J connectivity index is 1.92. The van der Waals surface area contributed by atoms with E-state index >= 15 is 0 Å². The smallest absolute Gasteiger partial charge is 0.0955 e. The second-order valence-corrected chi connectivity index (χ2v) is 5.56. The van der Waals surface area contributed by atoms with Crippen LogP contribution in [-0.4, -0.2) is 18.2 Å². The maximum Gasteiger partial charge on any atom is 0.0955 e. The Morgan fingerprint density at radius 1 is 1.47 bits per heavy atom. The van der Waals surface area contributed by atoms with Crippen molar-refractivity contribution < 1.29 is 4.74 Å². The van der Waals surface area contributed by atoms with E-state index in [-0.39, 0.29) is 5.41 Å². The first-order valence-corrected chi connectivity index (χ1v) is 6.46. The summed E-state index contributed by atoms with van der Waals surface area (Å²) >= 11 is 1.68. The SMILES string of the molecule is N#CC1(Cc2nc3ccccc3s2)CCOC1. The second kappa shape index (κ2) is 4.10. The number of nitrogens with zero attached hydrogens (tertiary/aromatic N) is 2. The molecule has 86 valence electrons. The first kappa shape index (κ1) is 10.7. The van der Waals surface area contributed by atoms with Crippen LogP contribution in [0.4, 0.5) is 0 Å². The van der Waals surface area contributed by atoms with Crippen LogP contribution in [0.2, 0.25) is 0 Å². The van der Waals surface area contributed by atoms with Crippen molar-refractivity contribution in [2.24, 2.45) is 5.41 Å². The molecule has 3 nitrogen and oxygen atoms in total. The van der Waals surface area contributed by atoms with E-state index in [1.165, 1.54) is 4.70 Å². The van der Waals surface area contributed by atoms with Crippen LogP contribution < -0.4 is 0 Å². The highest BCUT2D eigenvalue weighted by molar-refractivity contribution is 7.18. The van der Waals surface area contributed by atoms with Crippen LogP contribution in [0.1, 0.15) is 11.4 Å². The Labute approximate surface area is 104 Å². The van der Waals surface area contributed by atoms with Gasteiger partial charge in [-0.2, -0.15) is 5.26 Å². The van der Waals surface area contributed by atoms with Crippen LogP contribution in [-0.2, 0) is 11.2 Å². The molecule has 1 fully saturated rings. The Hall–Kier alpha value is -1.44. The number of thiazole rings is 1. The van der Waals surface area contributed by atoms with Gasteiger partial charge in [-0.1, -0.05) is 12.1 Å². The molecule has 1 aliphatic heterocycles. The van der Waals surface area contributed by atoms with Gasteiger partial charge in [0.2, 0.25) is 0 Å². The molecule has 1 unspecified atom stereocenters. The van der Waals surface area contributed by atoms with Crippen LogP contribution in [0.25, 0.3) is 10.2 Å². The first-order valence-electron chi connectivity index (χ1n) is 5.65. The largest absolute Gasteiger partial charge is 0.380 e. The third-order valence-electron chi connectivity index (χ3n) is 3.17. The summed E-state index contributed by atoms with van der Waals surface area (Å²) < 4.78 is 6.54. The van der Waals surface area contributed by atoms with E-state index in [1.807, 2.05) is 18.2 Å². The lowest BCUT2D eigenvalue weighted by atomic mass is 9.86. The average molecular weight is 244 g/mol. The zero-order chi connectivity index (χ0) is 11.7. The highest BCUT2D eigenvalue weighted by atomic mass is 32.1. The van der Waals surface area contributed by atoms with Gasteiger partial charge in [0.05, 0.1) is 33.3 Å². The molecule has 1 saturated heterocycles. The molecule has 0 N–H and O–H groups in total. The monoisotopic (exact) mass is 244 g/mol. The molecule has 0 amide bonds. The minimum Gasteiger partial charge on any atom is -0.380 e. The van der Waals surface area contributed by atoms with Gasteiger partial charge < -0.3 is 4.74 Å². The standard InChI is InChI=1S/C13H12N2OS/c14-8-13(5-6-16-9-13)7-12-15-10-3-1-2-4-11(10)17-12/h1-4H,5-7,9H2. The molecule has 17 heavy (non-hydrogen) atoms.